The molecule has 0 spiro atoms. The number of carbonyl (C=O) groups is 1. The zero-order valence-electron chi connectivity index (χ0n) is 15.0. The number of hydrogen-bond acceptors (Lipinski definition) is 4. The van der Waals surface area contributed by atoms with E-state index in [0.717, 1.165) is 0 Å². The van der Waals surface area contributed by atoms with Gasteiger partial charge in [-0.3, -0.25) is 0 Å². The van der Waals surface area contributed by atoms with Crippen LogP contribution in [0.15, 0.2) is 47.4 Å². The molecule has 0 aliphatic rings. The summed E-state index contributed by atoms with van der Waals surface area (Å²) in [6.07, 6.45) is 0. The summed E-state index contributed by atoms with van der Waals surface area (Å²) in [7, 11) is -3.66. The molecular formula is C19H22ClNO4S. The van der Waals surface area contributed by atoms with Crippen molar-refractivity contribution in [2.24, 2.45) is 0 Å². The van der Waals surface area contributed by atoms with E-state index in [1.807, 2.05) is 0 Å². The maximum atomic E-state index is 12.8. The van der Waals surface area contributed by atoms with Crippen LogP contribution >= 0.6 is 11.6 Å². The first kappa shape index (κ1) is 20.4. The Balaban J connectivity index is 2.26. The molecule has 2 rings (SSSR count). The molecule has 2 aromatic rings. The van der Waals surface area contributed by atoms with Gasteiger partial charge in [-0.05, 0) is 30.7 Å². The van der Waals surface area contributed by atoms with Gasteiger partial charge in [0.05, 0.1) is 10.5 Å². The second kappa shape index (κ2) is 8.66. The van der Waals surface area contributed by atoms with E-state index in [4.69, 9.17) is 16.3 Å². The Morgan fingerprint density at radius 2 is 1.77 bits per heavy atom. The van der Waals surface area contributed by atoms with Crippen molar-refractivity contribution < 1.29 is 17.9 Å². The second-order valence-corrected chi connectivity index (χ2v) is 8.05. The SMILES string of the molecule is CCN(CC)S(=O)(=O)c1cc(C(=O)OCc2ccccc2Cl)ccc1C. The molecule has 0 amide bonds. The smallest absolute Gasteiger partial charge is 0.338 e. The molecule has 0 aliphatic heterocycles. The number of nitrogens with zero attached hydrogens (tertiary/aromatic N) is 1. The Morgan fingerprint density at radius 3 is 2.38 bits per heavy atom. The third-order valence-corrected chi connectivity index (χ3v) is 6.62. The summed E-state index contributed by atoms with van der Waals surface area (Å²) >= 11 is 6.05. The van der Waals surface area contributed by atoms with E-state index < -0.39 is 16.0 Å². The van der Waals surface area contributed by atoms with Crippen LogP contribution in [0.3, 0.4) is 0 Å². The molecule has 0 unspecified atom stereocenters. The normalized spacial score (nSPS) is 11.6. The molecular weight excluding hydrogens is 374 g/mol. The van der Waals surface area contributed by atoms with Gasteiger partial charge in [0.2, 0.25) is 10.0 Å². The van der Waals surface area contributed by atoms with E-state index in [-0.39, 0.29) is 17.1 Å². The molecule has 26 heavy (non-hydrogen) atoms. The van der Waals surface area contributed by atoms with Gasteiger partial charge in [0.15, 0.2) is 0 Å². The summed E-state index contributed by atoms with van der Waals surface area (Å²) in [6, 6.07) is 11.6. The molecule has 0 saturated carbocycles. The monoisotopic (exact) mass is 395 g/mol. The van der Waals surface area contributed by atoms with Crippen molar-refractivity contribution in [2.75, 3.05) is 13.1 Å². The van der Waals surface area contributed by atoms with Crippen LogP contribution in [0.5, 0.6) is 0 Å². The first-order valence-corrected chi connectivity index (χ1v) is 10.1. The topological polar surface area (TPSA) is 63.7 Å². The van der Waals surface area contributed by atoms with Gasteiger partial charge in [-0.1, -0.05) is 49.7 Å². The number of halogens is 1. The third-order valence-electron chi connectivity index (χ3n) is 4.06. The molecule has 5 nitrogen and oxygen atoms in total. The number of benzene rings is 2. The number of ether oxygens (including phenoxy) is 1. The van der Waals surface area contributed by atoms with Crippen LogP contribution in [0.4, 0.5) is 0 Å². The fourth-order valence-electron chi connectivity index (χ4n) is 2.55. The summed E-state index contributed by atoms with van der Waals surface area (Å²) in [6.45, 7) is 5.99. The lowest BCUT2D eigenvalue weighted by molar-refractivity contribution is 0.0472. The third kappa shape index (κ3) is 4.44. The van der Waals surface area contributed by atoms with Gasteiger partial charge in [0, 0.05) is 23.7 Å². The lowest BCUT2D eigenvalue weighted by atomic mass is 10.1. The lowest BCUT2D eigenvalue weighted by Gasteiger charge is -2.20. The molecule has 7 heteroatoms. The van der Waals surface area contributed by atoms with Crippen molar-refractivity contribution in [1.82, 2.24) is 4.31 Å². The van der Waals surface area contributed by atoms with Crippen molar-refractivity contribution in [2.45, 2.75) is 32.3 Å². The Hall–Kier alpha value is -1.89. The van der Waals surface area contributed by atoms with Crippen LogP contribution in [-0.4, -0.2) is 31.8 Å². The molecule has 0 aromatic heterocycles. The van der Waals surface area contributed by atoms with Gasteiger partial charge in [-0.25, -0.2) is 13.2 Å². The highest BCUT2D eigenvalue weighted by Gasteiger charge is 2.25. The largest absolute Gasteiger partial charge is 0.457 e. The molecule has 0 N–H and O–H groups in total. The minimum absolute atomic E-state index is 0.0184. The van der Waals surface area contributed by atoms with E-state index in [2.05, 4.69) is 0 Å². The summed E-state index contributed by atoms with van der Waals surface area (Å²) in [5.74, 6) is -0.596. The van der Waals surface area contributed by atoms with Gasteiger partial charge < -0.3 is 4.74 Å². The van der Waals surface area contributed by atoms with Gasteiger partial charge in [-0.15, -0.1) is 0 Å². The molecule has 0 saturated heterocycles. The predicted molar refractivity (Wildman–Crippen MR) is 102 cm³/mol. The number of esters is 1. The van der Waals surface area contributed by atoms with Gasteiger partial charge in [0.1, 0.15) is 6.61 Å². The number of carbonyl (C=O) groups excluding carboxylic acids is 1. The van der Waals surface area contributed by atoms with Crippen LogP contribution in [0.2, 0.25) is 5.02 Å². The van der Waals surface area contributed by atoms with Crippen LogP contribution in [0, 0.1) is 6.92 Å². The predicted octanol–water partition coefficient (Wildman–Crippen LogP) is 4.04. The van der Waals surface area contributed by atoms with Crippen LogP contribution in [0.1, 0.15) is 35.3 Å². The highest BCUT2D eigenvalue weighted by atomic mass is 35.5. The molecule has 0 bridgehead atoms. The van der Waals surface area contributed by atoms with Crippen LogP contribution in [-0.2, 0) is 21.4 Å². The minimum atomic E-state index is -3.66. The Bertz CT molecular complexity index is 892. The fraction of sp³-hybridized carbons (Fsp3) is 0.316. The summed E-state index contributed by atoms with van der Waals surface area (Å²) in [4.78, 5) is 12.5. The fourth-order valence-corrected chi connectivity index (χ4v) is 4.45. The number of hydrogen-bond donors (Lipinski definition) is 0. The number of sulfonamides is 1. The summed E-state index contributed by atoms with van der Waals surface area (Å²) in [5.41, 5.74) is 1.46. The highest BCUT2D eigenvalue weighted by molar-refractivity contribution is 7.89. The Morgan fingerprint density at radius 1 is 1.12 bits per heavy atom. The Kier molecular flexibility index (Phi) is 6.81. The van der Waals surface area contributed by atoms with E-state index in [9.17, 15) is 13.2 Å². The Labute approximate surface area is 159 Å². The van der Waals surface area contributed by atoms with E-state index >= 15 is 0 Å². The number of aryl methyl sites for hydroxylation is 1. The standard InChI is InChI=1S/C19H22ClNO4S/c1-4-21(5-2)26(23,24)18-12-15(11-10-14(18)3)19(22)25-13-16-8-6-7-9-17(16)20/h6-12H,4-5,13H2,1-3H3. The molecule has 0 heterocycles. The summed E-state index contributed by atoms with van der Waals surface area (Å²) < 4.78 is 32.2. The highest BCUT2D eigenvalue weighted by Crippen LogP contribution is 2.22. The molecule has 0 atom stereocenters. The van der Waals surface area contributed by atoms with Crippen molar-refractivity contribution in [1.29, 1.82) is 0 Å². The average Bonchev–Trinajstić information content (AvgIpc) is 2.61. The van der Waals surface area contributed by atoms with E-state index in [0.29, 0.717) is 29.2 Å². The van der Waals surface area contributed by atoms with Crippen molar-refractivity contribution in [3.63, 3.8) is 0 Å². The minimum Gasteiger partial charge on any atom is -0.457 e. The van der Waals surface area contributed by atoms with Crippen LogP contribution in [0.25, 0.3) is 0 Å². The zero-order chi connectivity index (χ0) is 19.3. The summed E-state index contributed by atoms with van der Waals surface area (Å²) in [5, 5.41) is 0.508. The van der Waals surface area contributed by atoms with Gasteiger partial charge >= 0.3 is 5.97 Å². The van der Waals surface area contributed by atoms with Gasteiger partial charge in [-0.2, -0.15) is 4.31 Å². The maximum Gasteiger partial charge on any atom is 0.338 e. The molecule has 2 aromatic carbocycles. The second-order valence-electron chi connectivity index (χ2n) is 5.74. The average molecular weight is 396 g/mol. The number of rotatable bonds is 7. The van der Waals surface area contributed by atoms with Crippen molar-refractivity contribution >= 4 is 27.6 Å². The zero-order valence-corrected chi connectivity index (χ0v) is 16.6. The first-order valence-electron chi connectivity index (χ1n) is 8.32. The quantitative estimate of drug-likeness (QED) is 0.664. The first-order chi connectivity index (χ1) is 12.3. The van der Waals surface area contributed by atoms with Gasteiger partial charge in [0.25, 0.3) is 0 Å². The maximum absolute atomic E-state index is 12.8. The molecule has 0 aliphatic carbocycles. The van der Waals surface area contributed by atoms with Crippen LogP contribution < -0.4 is 0 Å². The molecule has 0 radical (unpaired) electrons. The molecule has 140 valence electrons. The molecule has 0 fully saturated rings. The van der Waals surface area contributed by atoms with E-state index in [1.54, 1.807) is 57.2 Å². The van der Waals surface area contributed by atoms with Crippen molar-refractivity contribution in [3.8, 4) is 0 Å². The van der Waals surface area contributed by atoms with E-state index in [1.165, 1.54) is 10.4 Å². The van der Waals surface area contributed by atoms with Crippen molar-refractivity contribution in [3.05, 3.63) is 64.2 Å². The lowest BCUT2D eigenvalue weighted by Crippen LogP contribution is -2.31.